The summed E-state index contributed by atoms with van der Waals surface area (Å²) in [6.07, 6.45) is 0.846. The van der Waals surface area contributed by atoms with Crippen molar-refractivity contribution >= 4 is 52.2 Å². The molecule has 8 rings (SSSR count). The summed E-state index contributed by atoms with van der Waals surface area (Å²) in [5.41, 5.74) is 2.63. The van der Waals surface area contributed by atoms with E-state index in [4.69, 9.17) is 16.3 Å². The number of aromatic nitrogens is 1. The van der Waals surface area contributed by atoms with Gasteiger partial charge in [0.1, 0.15) is 12.4 Å². The van der Waals surface area contributed by atoms with Gasteiger partial charge in [-0.05, 0) is 60.1 Å². The number of amides is 2. The van der Waals surface area contributed by atoms with Gasteiger partial charge in [-0.3, -0.25) is 19.3 Å². The zero-order chi connectivity index (χ0) is 27.8. The predicted molar refractivity (Wildman–Crippen MR) is 160 cm³/mol. The van der Waals surface area contributed by atoms with E-state index in [0.717, 1.165) is 33.2 Å². The summed E-state index contributed by atoms with van der Waals surface area (Å²) in [6, 6.07) is 24.9. The highest BCUT2D eigenvalue weighted by atomic mass is 35.5. The van der Waals surface area contributed by atoms with Crippen LogP contribution in [0, 0.1) is 29.6 Å². The van der Waals surface area contributed by atoms with E-state index in [2.05, 4.69) is 11.1 Å². The second kappa shape index (κ2) is 9.61. The van der Waals surface area contributed by atoms with Gasteiger partial charge in [-0.2, -0.15) is 0 Å². The van der Waals surface area contributed by atoms with Crippen LogP contribution in [0.25, 0.3) is 0 Å². The van der Waals surface area contributed by atoms with Crippen LogP contribution in [0.5, 0.6) is 5.75 Å². The number of H-pyrrole nitrogens is 1. The first-order valence-electron chi connectivity index (χ1n) is 13.8. The summed E-state index contributed by atoms with van der Waals surface area (Å²) in [6.45, 7) is 0.360. The number of thioether (sulfide) groups is 1. The minimum absolute atomic E-state index is 0.0454. The van der Waals surface area contributed by atoms with Gasteiger partial charge in [-0.1, -0.05) is 71.5 Å². The highest BCUT2D eigenvalue weighted by Crippen LogP contribution is 2.69. The summed E-state index contributed by atoms with van der Waals surface area (Å²) in [4.78, 5) is 45.8. The van der Waals surface area contributed by atoms with Crippen molar-refractivity contribution in [3.05, 3.63) is 110 Å². The molecule has 206 valence electrons. The maximum absolute atomic E-state index is 13.9. The molecule has 2 bridgehead atoms. The van der Waals surface area contributed by atoms with Gasteiger partial charge in [0, 0.05) is 26.6 Å². The zero-order valence-electron chi connectivity index (χ0n) is 21.7. The number of thiazole rings is 1. The Labute approximate surface area is 249 Å². The monoisotopic (exact) mass is 600 g/mol. The molecule has 1 N–H and O–H groups in total. The fourth-order valence-corrected chi connectivity index (χ4v) is 10.9. The molecule has 9 heteroatoms. The second-order valence-corrected chi connectivity index (χ2v) is 13.9. The van der Waals surface area contributed by atoms with Crippen LogP contribution in [0.15, 0.2) is 88.7 Å². The first-order chi connectivity index (χ1) is 20.0. The standard InChI is InChI=1S/C32H25ClN2O4S2/c33-17-8-6-7-16(13-17)15-39-22-12-5-4-11-19(22)23-24-20-14-21(27(24)40-29-28(23)41-32(38)34-29)26-25(20)30(36)35(31(26)37)18-9-2-1-3-10-18/h1-13,20-21,23-27H,14-15H2,(H,34,38)/t20?,21?,23-,24?,25?,26?,27?/m1/s1. The third-order valence-electron chi connectivity index (χ3n) is 9.28. The lowest BCUT2D eigenvalue weighted by Gasteiger charge is -2.43. The third-order valence-corrected chi connectivity index (χ3v) is 12.1. The van der Waals surface area contributed by atoms with Crippen LogP contribution >= 0.6 is 34.7 Å². The molecule has 1 saturated heterocycles. The molecule has 2 aliphatic carbocycles. The largest absolute Gasteiger partial charge is 0.489 e. The normalized spacial score (nSPS) is 29.4. The number of nitrogens with zero attached hydrogens (tertiary/aromatic N) is 1. The summed E-state index contributed by atoms with van der Waals surface area (Å²) < 4.78 is 6.40. The Morgan fingerprint density at radius 2 is 1.66 bits per heavy atom. The van der Waals surface area contributed by atoms with Gasteiger partial charge in [0.15, 0.2) is 0 Å². The number of hydrogen-bond donors (Lipinski definition) is 1. The quantitative estimate of drug-likeness (QED) is 0.270. The Kier molecular flexibility index (Phi) is 5.95. The van der Waals surface area contributed by atoms with Gasteiger partial charge < -0.3 is 9.72 Å². The van der Waals surface area contributed by atoms with Crippen molar-refractivity contribution in [2.45, 2.75) is 29.2 Å². The molecule has 6 nitrogen and oxygen atoms in total. The molecule has 7 atom stereocenters. The molecular weight excluding hydrogens is 576 g/mol. The number of ether oxygens (including phenoxy) is 1. The van der Waals surface area contributed by atoms with Crippen LogP contribution in [-0.4, -0.2) is 22.0 Å². The number of carbonyl (C=O) groups is 2. The molecule has 0 radical (unpaired) electrons. The number of carbonyl (C=O) groups excluding carboxylic acids is 2. The van der Waals surface area contributed by atoms with Gasteiger partial charge in [0.05, 0.1) is 22.5 Å². The smallest absolute Gasteiger partial charge is 0.305 e. The maximum atomic E-state index is 13.9. The van der Waals surface area contributed by atoms with Crippen LogP contribution < -0.4 is 14.5 Å². The first kappa shape index (κ1) is 25.4. The molecule has 2 saturated carbocycles. The number of imide groups is 1. The van der Waals surface area contributed by atoms with Crippen LogP contribution in [0.1, 0.15) is 28.3 Å². The maximum Gasteiger partial charge on any atom is 0.305 e. The van der Waals surface area contributed by atoms with Crippen molar-refractivity contribution in [2.24, 2.45) is 29.6 Å². The molecule has 0 spiro atoms. The van der Waals surface area contributed by atoms with Crippen molar-refractivity contribution < 1.29 is 14.3 Å². The fourth-order valence-electron chi connectivity index (χ4n) is 7.85. The SMILES string of the molecule is O=C1C2C3CC(C2C(=O)N1c1ccccc1)C1C3Sc2[nH]c(=O)sc2[C@@H]1c1ccccc1OCc1cccc(Cl)c1. The van der Waals surface area contributed by atoms with E-state index in [1.54, 1.807) is 11.8 Å². The van der Waals surface area contributed by atoms with Crippen molar-refractivity contribution in [1.29, 1.82) is 0 Å². The number of benzene rings is 3. The number of fused-ring (bicyclic) bond motifs is 9. The Hall–Kier alpha value is -3.33. The molecule has 41 heavy (non-hydrogen) atoms. The number of aromatic amines is 1. The van der Waals surface area contributed by atoms with Crippen molar-refractivity contribution in [1.82, 2.24) is 4.98 Å². The van der Waals surface area contributed by atoms with Crippen LogP contribution in [-0.2, 0) is 16.2 Å². The highest BCUT2D eigenvalue weighted by Gasteiger charge is 2.69. The third kappa shape index (κ3) is 3.87. The Bertz CT molecular complexity index is 1750. The Morgan fingerprint density at radius 3 is 2.46 bits per heavy atom. The Morgan fingerprint density at radius 1 is 0.902 bits per heavy atom. The van der Waals surface area contributed by atoms with Crippen LogP contribution in [0.2, 0.25) is 5.02 Å². The van der Waals surface area contributed by atoms with Crippen molar-refractivity contribution in [3.8, 4) is 5.75 Å². The average molecular weight is 601 g/mol. The van der Waals surface area contributed by atoms with E-state index in [9.17, 15) is 14.4 Å². The van der Waals surface area contributed by atoms with Crippen LogP contribution in [0.4, 0.5) is 5.69 Å². The second-order valence-electron chi connectivity index (χ2n) is 11.3. The molecule has 3 fully saturated rings. The lowest BCUT2D eigenvalue weighted by Crippen LogP contribution is -2.42. The van der Waals surface area contributed by atoms with E-state index >= 15 is 0 Å². The number of para-hydroxylation sites is 2. The van der Waals surface area contributed by atoms with E-state index in [1.807, 2.05) is 72.8 Å². The molecular formula is C32H25ClN2O4S2. The van der Waals surface area contributed by atoms with Crippen molar-refractivity contribution in [2.75, 3.05) is 4.90 Å². The number of rotatable bonds is 5. The molecule has 4 aromatic rings. The molecule has 4 aliphatic rings. The summed E-state index contributed by atoms with van der Waals surface area (Å²) in [5.74, 6) is 0.0523. The summed E-state index contributed by atoms with van der Waals surface area (Å²) in [7, 11) is 0. The lowest BCUT2D eigenvalue weighted by molar-refractivity contribution is -0.123. The van der Waals surface area contributed by atoms with Gasteiger partial charge in [0.25, 0.3) is 0 Å². The summed E-state index contributed by atoms with van der Waals surface area (Å²) in [5, 5.41) is 1.67. The minimum Gasteiger partial charge on any atom is -0.489 e. The number of anilines is 1. The van der Waals surface area contributed by atoms with Crippen LogP contribution in [0.3, 0.4) is 0 Å². The number of hydrogen-bond acceptors (Lipinski definition) is 6. The van der Waals surface area contributed by atoms with E-state index < -0.39 is 0 Å². The molecule has 3 heterocycles. The minimum atomic E-state index is -0.339. The Balaban J connectivity index is 1.19. The van der Waals surface area contributed by atoms with Crippen molar-refractivity contribution in [3.63, 3.8) is 0 Å². The highest BCUT2D eigenvalue weighted by molar-refractivity contribution is 8.00. The average Bonchev–Trinajstić information content (AvgIpc) is 3.71. The van der Waals surface area contributed by atoms with Gasteiger partial charge in [0.2, 0.25) is 11.8 Å². The fraction of sp³-hybridized carbons (Fsp3) is 0.281. The lowest BCUT2D eigenvalue weighted by atomic mass is 9.68. The van der Waals surface area contributed by atoms with Gasteiger partial charge in [-0.15, -0.1) is 11.8 Å². The number of halogens is 1. The topological polar surface area (TPSA) is 79.5 Å². The van der Waals surface area contributed by atoms with E-state index in [-0.39, 0.29) is 57.4 Å². The van der Waals surface area contributed by atoms with E-state index in [0.29, 0.717) is 17.3 Å². The zero-order valence-corrected chi connectivity index (χ0v) is 24.1. The predicted octanol–water partition coefficient (Wildman–Crippen LogP) is 6.35. The molecule has 6 unspecified atom stereocenters. The van der Waals surface area contributed by atoms with Gasteiger partial charge >= 0.3 is 4.87 Å². The van der Waals surface area contributed by atoms with Gasteiger partial charge in [-0.25, -0.2) is 0 Å². The molecule has 3 aromatic carbocycles. The first-order valence-corrected chi connectivity index (χ1v) is 15.9. The molecule has 2 amide bonds. The van der Waals surface area contributed by atoms with E-state index in [1.165, 1.54) is 16.2 Å². The summed E-state index contributed by atoms with van der Waals surface area (Å²) >= 11 is 9.15. The number of nitrogens with one attached hydrogen (secondary N) is 1. The molecule has 2 aliphatic heterocycles. The molecule has 1 aromatic heterocycles.